The molecule has 1 saturated heterocycles. The number of carbonyl (C=O) groups is 2. The number of amides is 1. The molecule has 0 aromatic carbocycles. The fourth-order valence-corrected chi connectivity index (χ4v) is 2.51. The molecule has 1 rings (SSSR count). The number of nitrogens with zero attached hydrogens (tertiary/aromatic N) is 1. The Kier molecular flexibility index (Phi) is 5.59. The van der Waals surface area contributed by atoms with Gasteiger partial charge in [-0.2, -0.15) is 0 Å². The molecule has 0 aromatic heterocycles. The minimum absolute atomic E-state index is 0.00280. The first-order valence-corrected chi connectivity index (χ1v) is 6.57. The summed E-state index contributed by atoms with van der Waals surface area (Å²) >= 11 is 0. The highest BCUT2D eigenvalue weighted by atomic mass is 16.5. The molecule has 5 heteroatoms. The van der Waals surface area contributed by atoms with Crippen molar-refractivity contribution >= 4 is 11.9 Å². The molecule has 5 nitrogen and oxygen atoms in total. The van der Waals surface area contributed by atoms with Gasteiger partial charge < -0.3 is 14.7 Å². The number of carbonyl (C=O) groups excluding carboxylic acids is 1. The summed E-state index contributed by atoms with van der Waals surface area (Å²) in [5.41, 5.74) is 0. The van der Waals surface area contributed by atoms with Crippen molar-refractivity contribution in [2.75, 3.05) is 19.8 Å². The molecule has 1 aliphatic rings. The van der Waals surface area contributed by atoms with E-state index in [1.54, 1.807) is 11.8 Å². The van der Waals surface area contributed by atoms with E-state index in [1.807, 2.05) is 13.8 Å². The van der Waals surface area contributed by atoms with Crippen LogP contribution in [-0.2, 0) is 14.3 Å². The van der Waals surface area contributed by atoms with E-state index in [9.17, 15) is 9.59 Å². The monoisotopic (exact) mass is 257 g/mol. The van der Waals surface area contributed by atoms with Crippen LogP contribution in [0.15, 0.2) is 0 Å². The average molecular weight is 257 g/mol. The van der Waals surface area contributed by atoms with Crippen LogP contribution < -0.4 is 0 Å². The zero-order valence-corrected chi connectivity index (χ0v) is 11.4. The average Bonchev–Trinajstić information content (AvgIpc) is 2.29. The second-order valence-electron chi connectivity index (χ2n) is 5.02. The lowest BCUT2D eigenvalue weighted by atomic mass is 9.88. The van der Waals surface area contributed by atoms with Crippen LogP contribution in [0.25, 0.3) is 0 Å². The summed E-state index contributed by atoms with van der Waals surface area (Å²) in [6.07, 6.45) is 0.730. The van der Waals surface area contributed by atoms with Crippen molar-refractivity contribution < 1.29 is 19.4 Å². The molecule has 0 saturated carbocycles. The molecule has 1 heterocycles. The fraction of sp³-hybridized carbons (Fsp3) is 0.846. The molecule has 104 valence electrons. The summed E-state index contributed by atoms with van der Waals surface area (Å²) < 4.78 is 5.34. The molecule has 0 aliphatic carbocycles. The van der Waals surface area contributed by atoms with Gasteiger partial charge in [-0.3, -0.25) is 9.59 Å². The normalized spacial score (nSPS) is 25.5. The molecule has 0 bridgehead atoms. The standard InChI is InChI=1S/C13H23NO4/c1-4-14(10(3)7-12(15)16)13(17)11-5-6-18-8-9(11)2/h9-11H,4-8H2,1-3H3,(H,15,16). The highest BCUT2D eigenvalue weighted by molar-refractivity contribution is 5.80. The number of ether oxygens (including phenoxy) is 1. The Labute approximate surface area is 108 Å². The van der Waals surface area contributed by atoms with Crippen LogP contribution in [0.4, 0.5) is 0 Å². The Morgan fingerprint density at radius 3 is 2.67 bits per heavy atom. The molecule has 1 fully saturated rings. The van der Waals surface area contributed by atoms with Crippen LogP contribution in [-0.4, -0.2) is 47.7 Å². The SMILES string of the molecule is CCN(C(=O)C1CCOCC1C)C(C)CC(=O)O. The van der Waals surface area contributed by atoms with Gasteiger partial charge >= 0.3 is 5.97 Å². The third-order valence-corrected chi connectivity index (χ3v) is 3.58. The van der Waals surface area contributed by atoms with Crippen LogP contribution >= 0.6 is 0 Å². The van der Waals surface area contributed by atoms with E-state index in [2.05, 4.69) is 0 Å². The maximum atomic E-state index is 12.4. The number of carboxylic acids is 1. The molecule has 1 N–H and O–H groups in total. The van der Waals surface area contributed by atoms with Crippen LogP contribution in [0.2, 0.25) is 0 Å². The third kappa shape index (κ3) is 3.70. The van der Waals surface area contributed by atoms with Crippen LogP contribution in [0.3, 0.4) is 0 Å². The van der Waals surface area contributed by atoms with Gasteiger partial charge in [0.15, 0.2) is 0 Å². The highest BCUT2D eigenvalue weighted by Gasteiger charge is 2.33. The van der Waals surface area contributed by atoms with E-state index in [-0.39, 0.29) is 30.2 Å². The van der Waals surface area contributed by atoms with Gasteiger partial charge in [-0.1, -0.05) is 6.92 Å². The minimum Gasteiger partial charge on any atom is -0.481 e. The summed E-state index contributed by atoms with van der Waals surface area (Å²) in [5, 5.41) is 8.81. The molecule has 3 atom stereocenters. The van der Waals surface area contributed by atoms with Crippen LogP contribution in [0.1, 0.15) is 33.6 Å². The number of rotatable bonds is 5. The van der Waals surface area contributed by atoms with Crippen molar-refractivity contribution in [2.24, 2.45) is 11.8 Å². The summed E-state index contributed by atoms with van der Waals surface area (Å²) in [6, 6.07) is -0.255. The maximum Gasteiger partial charge on any atom is 0.305 e. The van der Waals surface area contributed by atoms with Crippen LogP contribution in [0.5, 0.6) is 0 Å². The predicted octanol–water partition coefficient (Wildman–Crippen LogP) is 1.37. The number of hydrogen-bond donors (Lipinski definition) is 1. The first-order valence-electron chi connectivity index (χ1n) is 6.57. The maximum absolute atomic E-state index is 12.4. The molecule has 1 aliphatic heterocycles. The third-order valence-electron chi connectivity index (χ3n) is 3.58. The number of hydrogen-bond acceptors (Lipinski definition) is 3. The summed E-state index contributed by atoms with van der Waals surface area (Å²) in [7, 11) is 0. The molecule has 18 heavy (non-hydrogen) atoms. The minimum atomic E-state index is -0.867. The Balaban J connectivity index is 2.68. The Morgan fingerprint density at radius 1 is 1.50 bits per heavy atom. The second kappa shape index (κ2) is 6.73. The van der Waals surface area contributed by atoms with E-state index in [0.29, 0.717) is 19.8 Å². The first-order chi connectivity index (χ1) is 8.47. The first kappa shape index (κ1) is 15.0. The van der Waals surface area contributed by atoms with Gasteiger partial charge in [0.25, 0.3) is 0 Å². The van der Waals surface area contributed by atoms with E-state index in [4.69, 9.17) is 9.84 Å². The molecule has 0 radical (unpaired) electrons. The van der Waals surface area contributed by atoms with E-state index in [0.717, 1.165) is 6.42 Å². The van der Waals surface area contributed by atoms with Crippen molar-refractivity contribution in [3.8, 4) is 0 Å². The highest BCUT2D eigenvalue weighted by Crippen LogP contribution is 2.24. The number of carboxylic acid groups (broad SMARTS) is 1. The van der Waals surface area contributed by atoms with E-state index < -0.39 is 5.97 Å². The van der Waals surface area contributed by atoms with Crippen molar-refractivity contribution in [2.45, 2.75) is 39.7 Å². The zero-order valence-electron chi connectivity index (χ0n) is 11.4. The van der Waals surface area contributed by atoms with Gasteiger partial charge in [0.2, 0.25) is 5.91 Å². The van der Waals surface area contributed by atoms with Crippen molar-refractivity contribution in [1.82, 2.24) is 4.90 Å². The molecular weight excluding hydrogens is 234 g/mol. The lowest BCUT2D eigenvalue weighted by Gasteiger charge is -2.35. The fourth-order valence-electron chi connectivity index (χ4n) is 2.51. The molecule has 1 amide bonds. The largest absolute Gasteiger partial charge is 0.481 e. The van der Waals surface area contributed by atoms with Gasteiger partial charge in [-0.15, -0.1) is 0 Å². The lowest BCUT2D eigenvalue weighted by Crippen LogP contribution is -2.46. The Bertz CT molecular complexity index is 305. The van der Waals surface area contributed by atoms with Gasteiger partial charge in [0.1, 0.15) is 0 Å². The molecule has 3 unspecified atom stereocenters. The van der Waals surface area contributed by atoms with E-state index in [1.165, 1.54) is 0 Å². The Hall–Kier alpha value is -1.10. The molecule has 0 aromatic rings. The Morgan fingerprint density at radius 2 is 2.17 bits per heavy atom. The van der Waals surface area contributed by atoms with Gasteiger partial charge in [0.05, 0.1) is 6.42 Å². The smallest absolute Gasteiger partial charge is 0.305 e. The summed E-state index contributed by atoms with van der Waals surface area (Å²) in [6.45, 7) is 7.47. The van der Waals surface area contributed by atoms with Gasteiger partial charge in [-0.05, 0) is 26.2 Å². The quantitative estimate of drug-likeness (QED) is 0.807. The van der Waals surface area contributed by atoms with Crippen molar-refractivity contribution in [3.05, 3.63) is 0 Å². The van der Waals surface area contributed by atoms with Gasteiger partial charge in [0, 0.05) is 31.7 Å². The second-order valence-corrected chi connectivity index (χ2v) is 5.02. The summed E-state index contributed by atoms with van der Waals surface area (Å²) in [5.74, 6) is -0.622. The molecule has 0 spiro atoms. The van der Waals surface area contributed by atoms with E-state index >= 15 is 0 Å². The number of aliphatic carboxylic acids is 1. The van der Waals surface area contributed by atoms with Crippen LogP contribution in [0, 0.1) is 11.8 Å². The topological polar surface area (TPSA) is 66.8 Å². The zero-order chi connectivity index (χ0) is 13.7. The van der Waals surface area contributed by atoms with Gasteiger partial charge in [-0.25, -0.2) is 0 Å². The predicted molar refractivity (Wildman–Crippen MR) is 67.2 cm³/mol. The summed E-state index contributed by atoms with van der Waals surface area (Å²) in [4.78, 5) is 24.9. The lowest BCUT2D eigenvalue weighted by molar-refractivity contribution is -0.145. The van der Waals surface area contributed by atoms with Crippen molar-refractivity contribution in [3.63, 3.8) is 0 Å². The molecular formula is C13H23NO4. The van der Waals surface area contributed by atoms with Crippen molar-refractivity contribution in [1.29, 1.82) is 0 Å².